The number of hydrogen-bond donors (Lipinski definition) is 2. The van der Waals surface area contributed by atoms with Gasteiger partial charge >= 0.3 is 5.97 Å². The van der Waals surface area contributed by atoms with Crippen LogP contribution in [0.25, 0.3) is 0 Å². The maximum Gasteiger partial charge on any atom is 0.317 e. The number of nitrogens with one attached hydrogen (secondary N) is 1. The molecule has 2 N–H and O–H groups in total. The summed E-state index contributed by atoms with van der Waals surface area (Å²) in [6.07, 6.45) is 2.70. The van der Waals surface area contributed by atoms with Crippen molar-refractivity contribution >= 4 is 11.9 Å². The molecule has 0 aromatic rings. The van der Waals surface area contributed by atoms with Crippen LogP contribution in [0.3, 0.4) is 0 Å². The number of carboxylic acid groups (broad SMARTS) is 1. The molecule has 1 fully saturated rings. The van der Waals surface area contributed by atoms with Crippen molar-refractivity contribution in [2.45, 2.75) is 64.6 Å². The lowest BCUT2D eigenvalue weighted by atomic mass is 9.99. The van der Waals surface area contributed by atoms with E-state index >= 15 is 0 Å². The van der Waals surface area contributed by atoms with Crippen molar-refractivity contribution in [2.75, 3.05) is 26.7 Å². The highest BCUT2D eigenvalue weighted by Crippen LogP contribution is 2.18. The molecule has 1 amide bonds. The van der Waals surface area contributed by atoms with Crippen LogP contribution in [0.1, 0.15) is 47.0 Å². The quantitative estimate of drug-likeness (QED) is 0.738. The first-order valence-electron chi connectivity index (χ1n) is 8.14. The molecule has 0 spiro atoms. The minimum Gasteiger partial charge on any atom is -0.480 e. The number of nitrogens with zero attached hydrogens (tertiary/aromatic N) is 2. The van der Waals surface area contributed by atoms with Crippen LogP contribution in [0.5, 0.6) is 0 Å². The Morgan fingerprint density at radius 3 is 2.36 bits per heavy atom. The van der Waals surface area contributed by atoms with Crippen LogP contribution in [0, 0.1) is 0 Å². The molecule has 0 radical (unpaired) electrons. The SMILES string of the molecule is CCC(C)(C)NC(=O)C(C)N1CCC(N(C)CC(=O)O)CC1. The molecule has 1 atom stereocenters. The third-order valence-corrected chi connectivity index (χ3v) is 4.78. The number of amides is 1. The molecule has 1 aliphatic rings. The van der Waals surface area contributed by atoms with E-state index in [2.05, 4.69) is 17.1 Å². The smallest absolute Gasteiger partial charge is 0.317 e. The van der Waals surface area contributed by atoms with Gasteiger partial charge in [-0.3, -0.25) is 19.4 Å². The molecule has 1 aliphatic heterocycles. The first-order chi connectivity index (χ1) is 10.2. The highest BCUT2D eigenvalue weighted by Gasteiger charge is 2.30. The van der Waals surface area contributed by atoms with E-state index in [9.17, 15) is 9.59 Å². The number of aliphatic carboxylic acids is 1. The van der Waals surface area contributed by atoms with Gasteiger partial charge in [-0.1, -0.05) is 6.92 Å². The Morgan fingerprint density at radius 2 is 1.91 bits per heavy atom. The molecule has 6 nitrogen and oxygen atoms in total. The van der Waals surface area contributed by atoms with Crippen LogP contribution in [0.15, 0.2) is 0 Å². The fourth-order valence-electron chi connectivity index (χ4n) is 2.75. The van der Waals surface area contributed by atoms with Crippen molar-refractivity contribution in [3.05, 3.63) is 0 Å². The van der Waals surface area contributed by atoms with Gasteiger partial charge in [0.15, 0.2) is 0 Å². The minimum absolute atomic E-state index is 0.0733. The van der Waals surface area contributed by atoms with Crippen molar-refractivity contribution in [1.29, 1.82) is 0 Å². The van der Waals surface area contributed by atoms with Gasteiger partial charge in [0.2, 0.25) is 5.91 Å². The average Bonchev–Trinajstić information content (AvgIpc) is 2.45. The van der Waals surface area contributed by atoms with Crippen LogP contribution in [-0.2, 0) is 9.59 Å². The van der Waals surface area contributed by atoms with E-state index in [1.807, 2.05) is 32.7 Å². The first kappa shape index (κ1) is 18.9. The van der Waals surface area contributed by atoms with Crippen molar-refractivity contribution in [1.82, 2.24) is 15.1 Å². The van der Waals surface area contributed by atoms with Crippen LogP contribution in [-0.4, -0.2) is 71.1 Å². The summed E-state index contributed by atoms with van der Waals surface area (Å²) < 4.78 is 0. The Balaban J connectivity index is 2.46. The Morgan fingerprint density at radius 1 is 1.36 bits per heavy atom. The number of carbonyl (C=O) groups is 2. The average molecular weight is 313 g/mol. The highest BCUT2D eigenvalue weighted by atomic mass is 16.4. The molecule has 128 valence electrons. The van der Waals surface area contributed by atoms with Crippen LogP contribution >= 0.6 is 0 Å². The number of piperidine rings is 1. The Labute approximate surface area is 133 Å². The molecular weight excluding hydrogens is 282 g/mol. The third kappa shape index (κ3) is 5.57. The van der Waals surface area contributed by atoms with Crippen molar-refractivity contribution in [2.24, 2.45) is 0 Å². The molecular formula is C16H31N3O3. The van der Waals surface area contributed by atoms with E-state index in [-0.39, 0.29) is 30.1 Å². The van der Waals surface area contributed by atoms with Gasteiger partial charge < -0.3 is 10.4 Å². The van der Waals surface area contributed by atoms with Crippen LogP contribution in [0.4, 0.5) is 0 Å². The standard InChI is InChI=1S/C16H31N3O3/c1-6-16(3,4)17-15(22)12(2)19-9-7-13(8-10-19)18(5)11-14(20)21/h12-13H,6-11H2,1-5H3,(H,17,22)(H,20,21). The molecule has 0 aromatic heterocycles. The molecule has 0 aromatic carbocycles. The minimum atomic E-state index is -0.792. The van der Waals surface area contributed by atoms with Crippen molar-refractivity contribution in [3.8, 4) is 0 Å². The second-order valence-corrected chi connectivity index (χ2v) is 6.98. The Bertz CT molecular complexity index is 390. The maximum atomic E-state index is 12.3. The van der Waals surface area contributed by atoms with Crippen molar-refractivity contribution < 1.29 is 14.7 Å². The summed E-state index contributed by atoms with van der Waals surface area (Å²) in [7, 11) is 1.86. The van der Waals surface area contributed by atoms with Gasteiger partial charge in [0.05, 0.1) is 12.6 Å². The largest absolute Gasteiger partial charge is 0.480 e. The number of likely N-dealkylation sites (N-methyl/N-ethyl adjacent to an activating group) is 1. The van der Waals surface area contributed by atoms with Gasteiger partial charge in [-0.15, -0.1) is 0 Å². The predicted molar refractivity (Wildman–Crippen MR) is 86.8 cm³/mol. The highest BCUT2D eigenvalue weighted by molar-refractivity contribution is 5.82. The van der Waals surface area contributed by atoms with E-state index in [0.717, 1.165) is 32.4 Å². The van der Waals surface area contributed by atoms with Gasteiger partial charge in [0, 0.05) is 24.7 Å². The molecule has 6 heteroatoms. The van der Waals surface area contributed by atoms with Gasteiger partial charge in [0.25, 0.3) is 0 Å². The number of carboxylic acids is 1. The summed E-state index contributed by atoms with van der Waals surface area (Å²) in [5, 5.41) is 11.9. The summed E-state index contributed by atoms with van der Waals surface area (Å²) in [6.45, 7) is 9.81. The molecule has 22 heavy (non-hydrogen) atoms. The van der Waals surface area contributed by atoms with E-state index in [1.165, 1.54) is 0 Å². The summed E-state index contributed by atoms with van der Waals surface area (Å²) in [5.41, 5.74) is -0.175. The summed E-state index contributed by atoms with van der Waals surface area (Å²) in [6, 6.07) is 0.145. The summed E-state index contributed by atoms with van der Waals surface area (Å²) >= 11 is 0. The lowest BCUT2D eigenvalue weighted by Gasteiger charge is -2.39. The van der Waals surface area contributed by atoms with Crippen LogP contribution in [0.2, 0.25) is 0 Å². The summed E-state index contributed by atoms with van der Waals surface area (Å²) in [5.74, 6) is -0.719. The first-order valence-corrected chi connectivity index (χ1v) is 8.14. The van der Waals surface area contributed by atoms with Gasteiger partial charge in [-0.25, -0.2) is 0 Å². The predicted octanol–water partition coefficient (Wildman–Crippen LogP) is 1.16. The normalized spacial score (nSPS) is 19.2. The van der Waals surface area contributed by atoms with Gasteiger partial charge in [-0.05, 0) is 47.1 Å². The molecule has 0 saturated carbocycles. The molecule has 0 bridgehead atoms. The maximum absolute atomic E-state index is 12.3. The molecule has 1 heterocycles. The molecule has 0 aliphatic carbocycles. The Hall–Kier alpha value is -1.14. The number of carbonyl (C=O) groups excluding carboxylic acids is 1. The van der Waals surface area contributed by atoms with E-state index in [4.69, 9.17) is 5.11 Å². The summed E-state index contributed by atoms with van der Waals surface area (Å²) in [4.78, 5) is 27.2. The van der Waals surface area contributed by atoms with Gasteiger partial charge in [-0.2, -0.15) is 0 Å². The van der Waals surface area contributed by atoms with Crippen LogP contribution < -0.4 is 5.32 Å². The zero-order chi connectivity index (χ0) is 16.9. The fourth-order valence-corrected chi connectivity index (χ4v) is 2.75. The van der Waals surface area contributed by atoms with E-state index < -0.39 is 5.97 Å². The monoisotopic (exact) mass is 313 g/mol. The third-order valence-electron chi connectivity index (χ3n) is 4.78. The molecule has 1 saturated heterocycles. The van der Waals surface area contributed by atoms with Gasteiger partial charge in [0.1, 0.15) is 0 Å². The molecule has 1 unspecified atom stereocenters. The lowest BCUT2D eigenvalue weighted by molar-refractivity contribution is -0.138. The Kier molecular flexibility index (Phi) is 6.81. The number of likely N-dealkylation sites (tertiary alicyclic amines) is 1. The second kappa shape index (κ2) is 7.92. The topological polar surface area (TPSA) is 72.9 Å². The number of hydrogen-bond acceptors (Lipinski definition) is 4. The number of rotatable bonds is 7. The second-order valence-electron chi connectivity index (χ2n) is 6.98. The zero-order valence-corrected chi connectivity index (χ0v) is 14.6. The zero-order valence-electron chi connectivity index (χ0n) is 14.6. The van der Waals surface area contributed by atoms with Crippen molar-refractivity contribution in [3.63, 3.8) is 0 Å². The van der Waals surface area contributed by atoms with E-state index in [0.29, 0.717) is 0 Å². The molecule has 1 rings (SSSR count). The lowest BCUT2D eigenvalue weighted by Crippen LogP contribution is -2.55. The fraction of sp³-hybridized carbons (Fsp3) is 0.875. The van der Waals surface area contributed by atoms with E-state index in [1.54, 1.807) is 0 Å².